The summed E-state index contributed by atoms with van der Waals surface area (Å²) in [5.74, 6) is 1.55. The van der Waals surface area contributed by atoms with Gasteiger partial charge < -0.3 is 19.6 Å². The van der Waals surface area contributed by atoms with Crippen molar-refractivity contribution in [2.24, 2.45) is 0 Å². The number of anilines is 1. The molecule has 0 aliphatic carbocycles. The molecule has 1 aliphatic heterocycles. The summed E-state index contributed by atoms with van der Waals surface area (Å²) in [4.78, 5) is 4.63. The standard InChI is InChI=1S/C16H15N3O2/c1-10-2-4-12(17)16-18-13(9-19(10)16)11-3-5-14-15(8-11)21-7-6-20-14/h2-5,8-9H,6-7,17H2,1H3. The first-order valence-corrected chi connectivity index (χ1v) is 6.86. The van der Waals surface area contributed by atoms with Gasteiger partial charge in [0.1, 0.15) is 13.2 Å². The highest BCUT2D eigenvalue weighted by molar-refractivity contribution is 5.72. The minimum Gasteiger partial charge on any atom is -0.486 e. The Kier molecular flexibility index (Phi) is 2.54. The van der Waals surface area contributed by atoms with Gasteiger partial charge in [0.25, 0.3) is 0 Å². The molecule has 5 nitrogen and oxygen atoms in total. The number of rotatable bonds is 1. The molecule has 0 saturated carbocycles. The van der Waals surface area contributed by atoms with Gasteiger partial charge in [0.15, 0.2) is 17.1 Å². The predicted molar refractivity (Wildman–Crippen MR) is 80.8 cm³/mol. The number of hydrogen-bond acceptors (Lipinski definition) is 4. The molecule has 2 aromatic heterocycles. The van der Waals surface area contributed by atoms with Crippen molar-refractivity contribution in [1.82, 2.24) is 9.38 Å². The van der Waals surface area contributed by atoms with Crippen LogP contribution in [-0.2, 0) is 0 Å². The average molecular weight is 281 g/mol. The second-order valence-corrected chi connectivity index (χ2v) is 5.11. The number of aryl methyl sites for hydroxylation is 1. The van der Waals surface area contributed by atoms with Crippen LogP contribution in [0.25, 0.3) is 16.9 Å². The highest BCUT2D eigenvalue weighted by Crippen LogP contribution is 2.34. The Labute approximate surface area is 121 Å². The van der Waals surface area contributed by atoms with Gasteiger partial charge in [0.05, 0.1) is 11.4 Å². The Morgan fingerprint density at radius 1 is 1.10 bits per heavy atom. The van der Waals surface area contributed by atoms with E-state index in [4.69, 9.17) is 15.2 Å². The molecule has 0 fully saturated rings. The summed E-state index contributed by atoms with van der Waals surface area (Å²) in [7, 11) is 0. The van der Waals surface area contributed by atoms with Crippen molar-refractivity contribution in [2.45, 2.75) is 6.92 Å². The molecule has 0 unspecified atom stereocenters. The van der Waals surface area contributed by atoms with E-state index in [1.807, 2.05) is 47.9 Å². The fraction of sp³-hybridized carbons (Fsp3) is 0.188. The van der Waals surface area contributed by atoms with E-state index in [9.17, 15) is 0 Å². The van der Waals surface area contributed by atoms with Gasteiger partial charge in [-0.1, -0.05) is 0 Å². The minimum absolute atomic E-state index is 0.577. The van der Waals surface area contributed by atoms with Crippen molar-refractivity contribution in [2.75, 3.05) is 18.9 Å². The highest BCUT2D eigenvalue weighted by Gasteiger charge is 2.14. The van der Waals surface area contributed by atoms with E-state index in [-0.39, 0.29) is 0 Å². The molecule has 0 saturated heterocycles. The van der Waals surface area contributed by atoms with Gasteiger partial charge in [-0.15, -0.1) is 0 Å². The zero-order valence-corrected chi connectivity index (χ0v) is 11.7. The minimum atomic E-state index is 0.577. The second kappa shape index (κ2) is 4.41. The summed E-state index contributed by atoms with van der Waals surface area (Å²) in [6.45, 7) is 3.20. The Bertz CT molecular complexity index is 800. The summed E-state index contributed by atoms with van der Waals surface area (Å²) in [5.41, 5.74) is 10.4. The first kappa shape index (κ1) is 12.1. The molecule has 21 heavy (non-hydrogen) atoms. The van der Waals surface area contributed by atoms with E-state index in [1.165, 1.54) is 0 Å². The first-order chi connectivity index (χ1) is 10.2. The third-order valence-corrected chi connectivity index (χ3v) is 3.69. The molecule has 0 bridgehead atoms. The number of hydrogen-bond donors (Lipinski definition) is 1. The molecule has 3 heterocycles. The molecule has 2 N–H and O–H groups in total. The third kappa shape index (κ3) is 1.89. The Morgan fingerprint density at radius 3 is 2.71 bits per heavy atom. The molecule has 0 amide bonds. The van der Waals surface area contributed by atoms with Crippen LogP contribution in [0.3, 0.4) is 0 Å². The predicted octanol–water partition coefficient (Wildman–Crippen LogP) is 2.66. The number of imidazole rings is 1. The zero-order valence-electron chi connectivity index (χ0n) is 11.7. The SMILES string of the molecule is Cc1ccc(N)c2nc(-c3ccc4c(c3)OCCO4)cn12. The van der Waals surface area contributed by atoms with Gasteiger partial charge in [0.2, 0.25) is 0 Å². The smallest absolute Gasteiger partial charge is 0.162 e. The van der Waals surface area contributed by atoms with Crippen LogP contribution in [0.15, 0.2) is 36.5 Å². The third-order valence-electron chi connectivity index (χ3n) is 3.69. The van der Waals surface area contributed by atoms with Crippen molar-refractivity contribution < 1.29 is 9.47 Å². The number of aromatic nitrogens is 2. The molecule has 5 heteroatoms. The van der Waals surface area contributed by atoms with Gasteiger partial charge in [-0.2, -0.15) is 0 Å². The largest absolute Gasteiger partial charge is 0.486 e. The van der Waals surface area contributed by atoms with E-state index in [2.05, 4.69) is 4.98 Å². The summed E-state index contributed by atoms with van der Waals surface area (Å²) >= 11 is 0. The lowest BCUT2D eigenvalue weighted by molar-refractivity contribution is 0.171. The Hall–Kier alpha value is -2.69. The number of pyridine rings is 1. The van der Waals surface area contributed by atoms with E-state index < -0.39 is 0 Å². The lowest BCUT2D eigenvalue weighted by Crippen LogP contribution is -2.15. The van der Waals surface area contributed by atoms with Crippen LogP contribution in [0.1, 0.15) is 5.69 Å². The van der Waals surface area contributed by atoms with E-state index in [0.29, 0.717) is 18.9 Å². The van der Waals surface area contributed by atoms with Crippen LogP contribution < -0.4 is 15.2 Å². The quantitative estimate of drug-likeness (QED) is 0.745. The molecule has 0 radical (unpaired) electrons. The summed E-state index contributed by atoms with van der Waals surface area (Å²) < 4.78 is 13.2. The number of nitrogens with two attached hydrogens (primary N) is 1. The Balaban J connectivity index is 1.86. The van der Waals surface area contributed by atoms with Crippen LogP contribution in [0.2, 0.25) is 0 Å². The second-order valence-electron chi connectivity index (χ2n) is 5.11. The number of fused-ring (bicyclic) bond motifs is 2. The number of nitrogens with zero attached hydrogens (tertiary/aromatic N) is 2. The van der Waals surface area contributed by atoms with Crippen LogP contribution in [0, 0.1) is 6.92 Å². The van der Waals surface area contributed by atoms with Gasteiger partial charge in [0, 0.05) is 17.5 Å². The summed E-state index contributed by atoms with van der Waals surface area (Å²) in [6.07, 6.45) is 1.99. The molecule has 4 rings (SSSR count). The van der Waals surface area contributed by atoms with Gasteiger partial charge in [-0.3, -0.25) is 0 Å². The zero-order chi connectivity index (χ0) is 14.4. The molecule has 1 aliphatic rings. The van der Waals surface area contributed by atoms with E-state index in [1.54, 1.807) is 0 Å². The average Bonchev–Trinajstić information content (AvgIpc) is 2.97. The maximum atomic E-state index is 6.00. The molecule has 0 spiro atoms. The van der Waals surface area contributed by atoms with Gasteiger partial charge in [-0.05, 0) is 37.3 Å². The summed E-state index contributed by atoms with van der Waals surface area (Å²) in [5, 5.41) is 0. The topological polar surface area (TPSA) is 61.8 Å². The van der Waals surface area contributed by atoms with E-state index in [0.717, 1.165) is 34.1 Å². The molecule has 0 atom stereocenters. The Morgan fingerprint density at radius 2 is 1.90 bits per heavy atom. The van der Waals surface area contributed by atoms with Crippen molar-refractivity contribution >= 4 is 11.3 Å². The molecule has 3 aromatic rings. The van der Waals surface area contributed by atoms with Crippen LogP contribution in [0.4, 0.5) is 5.69 Å². The van der Waals surface area contributed by atoms with Crippen molar-refractivity contribution in [3.8, 4) is 22.8 Å². The van der Waals surface area contributed by atoms with Crippen LogP contribution in [-0.4, -0.2) is 22.6 Å². The molecular weight excluding hydrogens is 266 g/mol. The lowest BCUT2D eigenvalue weighted by atomic mass is 10.1. The molecule has 1 aromatic carbocycles. The van der Waals surface area contributed by atoms with Crippen molar-refractivity contribution in [3.05, 3.63) is 42.2 Å². The highest BCUT2D eigenvalue weighted by atomic mass is 16.6. The molecule has 106 valence electrons. The normalized spacial score (nSPS) is 13.6. The van der Waals surface area contributed by atoms with Crippen LogP contribution >= 0.6 is 0 Å². The molecular formula is C16H15N3O2. The number of nitrogen functional groups attached to an aromatic ring is 1. The lowest BCUT2D eigenvalue weighted by Gasteiger charge is -2.18. The first-order valence-electron chi connectivity index (χ1n) is 6.86. The van der Waals surface area contributed by atoms with Gasteiger partial charge in [-0.25, -0.2) is 4.98 Å². The maximum Gasteiger partial charge on any atom is 0.162 e. The van der Waals surface area contributed by atoms with Crippen molar-refractivity contribution in [3.63, 3.8) is 0 Å². The number of benzene rings is 1. The van der Waals surface area contributed by atoms with Crippen LogP contribution in [0.5, 0.6) is 11.5 Å². The fourth-order valence-corrected chi connectivity index (χ4v) is 2.56. The van der Waals surface area contributed by atoms with E-state index >= 15 is 0 Å². The number of ether oxygens (including phenoxy) is 2. The monoisotopic (exact) mass is 281 g/mol. The van der Waals surface area contributed by atoms with Gasteiger partial charge >= 0.3 is 0 Å². The fourth-order valence-electron chi connectivity index (χ4n) is 2.56. The maximum absolute atomic E-state index is 6.00. The van der Waals surface area contributed by atoms with Crippen molar-refractivity contribution in [1.29, 1.82) is 0 Å². The summed E-state index contributed by atoms with van der Waals surface area (Å²) in [6, 6.07) is 9.73.